The number of carbonyl (C=O) groups is 1. The molecule has 1 aromatic carbocycles. The van der Waals surface area contributed by atoms with Gasteiger partial charge in [0.25, 0.3) is 0 Å². The number of likely N-dealkylation sites (N-methyl/N-ethyl adjacent to an activating group) is 1. The first-order chi connectivity index (χ1) is 10.6. The van der Waals surface area contributed by atoms with E-state index in [0.717, 1.165) is 0 Å². The average molecular weight is 304 g/mol. The molecule has 0 aliphatic rings. The van der Waals surface area contributed by atoms with E-state index in [0.29, 0.717) is 35.8 Å². The topological polar surface area (TPSA) is 71.8 Å². The van der Waals surface area contributed by atoms with Gasteiger partial charge in [0.05, 0.1) is 33.8 Å². The molecular weight excluding hydrogens is 284 g/mol. The first-order valence-electron chi connectivity index (χ1n) is 6.67. The molecule has 0 aromatic heterocycles. The zero-order valence-corrected chi connectivity index (χ0v) is 13.3. The summed E-state index contributed by atoms with van der Waals surface area (Å²) in [5, 5.41) is 8.53. The highest BCUT2D eigenvalue weighted by atomic mass is 16.5. The monoisotopic (exact) mass is 304 g/mol. The van der Waals surface area contributed by atoms with Gasteiger partial charge in [0, 0.05) is 31.3 Å². The summed E-state index contributed by atoms with van der Waals surface area (Å²) in [5.74, 6) is 1.48. The standard InChI is InChI=1S/C16H20N2O4/c1-18(9-5-8-17)16(19)7-6-12-10-14(21-3)15(22-4)11-13(12)20-2/h6-7,10-11H,5,9H2,1-4H3/b7-6+. The van der Waals surface area contributed by atoms with Gasteiger partial charge in [-0.2, -0.15) is 5.26 Å². The molecule has 0 spiro atoms. The average Bonchev–Trinajstić information content (AvgIpc) is 2.56. The number of ether oxygens (including phenoxy) is 3. The number of hydrogen-bond acceptors (Lipinski definition) is 5. The fraction of sp³-hybridized carbons (Fsp3) is 0.375. The van der Waals surface area contributed by atoms with Gasteiger partial charge < -0.3 is 19.1 Å². The normalized spacial score (nSPS) is 10.1. The molecule has 6 heteroatoms. The van der Waals surface area contributed by atoms with Crippen LogP contribution in [0.2, 0.25) is 0 Å². The van der Waals surface area contributed by atoms with Crippen LogP contribution in [-0.4, -0.2) is 45.7 Å². The zero-order chi connectivity index (χ0) is 16.5. The number of rotatable bonds is 7. The second-order valence-corrected chi connectivity index (χ2v) is 4.45. The Bertz CT molecular complexity index is 591. The largest absolute Gasteiger partial charge is 0.496 e. The Balaban J connectivity index is 2.99. The van der Waals surface area contributed by atoms with Gasteiger partial charge in [0.1, 0.15) is 5.75 Å². The zero-order valence-electron chi connectivity index (χ0n) is 13.3. The fourth-order valence-corrected chi connectivity index (χ4v) is 1.80. The summed E-state index contributed by atoms with van der Waals surface area (Å²) >= 11 is 0. The van der Waals surface area contributed by atoms with Crippen molar-refractivity contribution in [1.29, 1.82) is 5.26 Å². The third-order valence-electron chi connectivity index (χ3n) is 3.08. The summed E-state index contributed by atoms with van der Waals surface area (Å²) in [6.07, 6.45) is 3.38. The lowest BCUT2D eigenvalue weighted by Crippen LogP contribution is -2.25. The van der Waals surface area contributed by atoms with Crippen molar-refractivity contribution in [3.63, 3.8) is 0 Å². The highest BCUT2D eigenvalue weighted by Crippen LogP contribution is 2.35. The minimum atomic E-state index is -0.188. The lowest BCUT2D eigenvalue weighted by atomic mass is 10.1. The smallest absolute Gasteiger partial charge is 0.246 e. The second-order valence-electron chi connectivity index (χ2n) is 4.45. The number of nitriles is 1. The van der Waals surface area contributed by atoms with Crippen LogP contribution in [0.3, 0.4) is 0 Å². The quantitative estimate of drug-likeness (QED) is 0.721. The Hall–Kier alpha value is -2.68. The summed E-state index contributed by atoms with van der Waals surface area (Å²) in [6.45, 7) is 0.392. The molecule has 0 aliphatic carbocycles. The van der Waals surface area contributed by atoms with Crippen molar-refractivity contribution in [1.82, 2.24) is 4.90 Å². The van der Waals surface area contributed by atoms with Crippen molar-refractivity contribution >= 4 is 12.0 Å². The van der Waals surface area contributed by atoms with Crippen LogP contribution < -0.4 is 14.2 Å². The summed E-state index contributed by atoms with van der Waals surface area (Å²) in [5.41, 5.74) is 0.696. The van der Waals surface area contributed by atoms with Gasteiger partial charge >= 0.3 is 0 Å². The minimum absolute atomic E-state index is 0.188. The van der Waals surface area contributed by atoms with Crippen LogP contribution in [0.15, 0.2) is 18.2 Å². The Morgan fingerprint density at radius 3 is 2.32 bits per heavy atom. The number of carbonyl (C=O) groups excluding carboxylic acids is 1. The maximum atomic E-state index is 11.9. The SMILES string of the molecule is COc1cc(OC)c(OC)cc1/C=C/C(=O)N(C)CCC#N. The summed E-state index contributed by atoms with van der Waals surface area (Å²) in [6, 6.07) is 5.43. The fourth-order valence-electron chi connectivity index (χ4n) is 1.80. The molecular formula is C16H20N2O4. The van der Waals surface area contributed by atoms with Gasteiger partial charge in [-0.05, 0) is 12.1 Å². The summed E-state index contributed by atoms with van der Waals surface area (Å²) in [7, 11) is 6.27. The van der Waals surface area contributed by atoms with Crippen LogP contribution in [0.4, 0.5) is 0 Å². The maximum absolute atomic E-state index is 11.9. The molecule has 22 heavy (non-hydrogen) atoms. The van der Waals surface area contributed by atoms with E-state index in [1.807, 2.05) is 6.07 Å². The van der Waals surface area contributed by atoms with Crippen LogP contribution in [0.25, 0.3) is 6.08 Å². The highest BCUT2D eigenvalue weighted by Gasteiger charge is 2.11. The molecule has 0 fully saturated rings. The van der Waals surface area contributed by atoms with Crippen molar-refractivity contribution in [2.45, 2.75) is 6.42 Å². The maximum Gasteiger partial charge on any atom is 0.246 e. The number of methoxy groups -OCH3 is 3. The molecule has 0 saturated heterocycles. The molecule has 0 heterocycles. The highest BCUT2D eigenvalue weighted by molar-refractivity contribution is 5.92. The first-order valence-corrected chi connectivity index (χ1v) is 6.67. The van der Waals surface area contributed by atoms with Gasteiger partial charge in [-0.1, -0.05) is 0 Å². The summed E-state index contributed by atoms with van der Waals surface area (Å²) in [4.78, 5) is 13.4. The van der Waals surface area contributed by atoms with Crippen LogP contribution in [0.1, 0.15) is 12.0 Å². The third-order valence-corrected chi connectivity index (χ3v) is 3.08. The molecule has 6 nitrogen and oxygen atoms in total. The molecule has 0 bridgehead atoms. The van der Waals surface area contributed by atoms with Gasteiger partial charge in [0.2, 0.25) is 5.91 Å². The van der Waals surface area contributed by atoms with Crippen LogP contribution in [0.5, 0.6) is 17.2 Å². The van der Waals surface area contributed by atoms with Crippen molar-refractivity contribution in [3.8, 4) is 23.3 Å². The van der Waals surface area contributed by atoms with Gasteiger partial charge in [0.15, 0.2) is 11.5 Å². The Morgan fingerprint density at radius 1 is 1.18 bits per heavy atom. The Morgan fingerprint density at radius 2 is 1.77 bits per heavy atom. The predicted octanol–water partition coefficient (Wildman–Crippen LogP) is 2.10. The van der Waals surface area contributed by atoms with E-state index in [9.17, 15) is 4.79 Å². The van der Waals surface area contributed by atoms with Crippen LogP contribution >= 0.6 is 0 Å². The third kappa shape index (κ3) is 4.42. The van der Waals surface area contributed by atoms with Gasteiger partial charge in [-0.25, -0.2) is 0 Å². The molecule has 118 valence electrons. The van der Waals surface area contributed by atoms with E-state index >= 15 is 0 Å². The van der Waals surface area contributed by atoms with Crippen LogP contribution in [-0.2, 0) is 4.79 Å². The van der Waals surface area contributed by atoms with Gasteiger partial charge in [-0.3, -0.25) is 4.79 Å². The van der Waals surface area contributed by atoms with Crippen molar-refractivity contribution < 1.29 is 19.0 Å². The van der Waals surface area contributed by atoms with E-state index in [1.54, 1.807) is 46.6 Å². The Kier molecular flexibility index (Phi) is 6.77. The first kappa shape index (κ1) is 17.4. The molecule has 0 aliphatic heterocycles. The molecule has 0 unspecified atom stereocenters. The molecule has 0 atom stereocenters. The predicted molar refractivity (Wildman–Crippen MR) is 83.0 cm³/mol. The summed E-state index contributed by atoms with van der Waals surface area (Å²) < 4.78 is 15.7. The van der Waals surface area contributed by atoms with Crippen molar-refractivity contribution in [2.75, 3.05) is 34.9 Å². The molecule has 0 saturated carbocycles. The molecule has 1 rings (SSSR count). The lowest BCUT2D eigenvalue weighted by molar-refractivity contribution is -0.124. The molecule has 1 amide bonds. The van der Waals surface area contributed by atoms with Gasteiger partial charge in [-0.15, -0.1) is 0 Å². The molecule has 1 aromatic rings. The Labute approximate surface area is 130 Å². The second kappa shape index (κ2) is 8.57. The lowest BCUT2D eigenvalue weighted by Gasteiger charge is -2.14. The van der Waals surface area contributed by atoms with Crippen molar-refractivity contribution in [3.05, 3.63) is 23.8 Å². The van der Waals surface area contributed by atoms with E-state index < -0.39 is 0 Å². The number of hydrogen-bond donors (Lipinski definition) is 0. The van der Waals surface area contributed by atoms with Crippen molar-refractivity contribution in [2.24, 2.45) is 0 Å². The minimum Gasteiger partial charge on any atom is -0.496 e. The van der Waals surface area contributed by atoms with E-state index in [1.165, 1.54) is 11.0 Å². The number of benzene rings is 1. The van der Waals surface area contributed by atoms with E-state index in [-0.39, 0.29) is 5.91 Å². The molecule has 0 N–H and O–H groups in total. The number of amides is 1. The van der Waals surface area contributed by atoms with E-state index in [4.69, 9.17) is 19.5 Å². The number of nitrogens with zero attached hydrogens (tertiary/aromatic N) is 2. The van der Waals surface area contributed by atoms with Crippen LogP contribution in [0, 0.1) is 11.3 Å². The van der Waals surface area contributed by atoms with E-state index in [2.05, 4.69) is 0 Å². The molecule has 0 radical (unpaired) electrons.